The highest BCUT2D eigenvalue weighted by Crippen LogP contribution is 2.17. The van der Waals surface area contributed by atoms with Crippen LogP contribution in [0.3, 0.4) is 0 Å². The van der Waals surface area contributed by atoms with Gasteiger partial charge >= 0.3 is 0 Å². The molecule has 6 heteroatoms. The smallest absolute Gasteiger partial charge is 0.243 e. The topological polar surface area (TPSA) is 66.5 Å². The molecule has 0 radical (unpaired) electrons. The first-order chi connectivity index (χ1) is 12.9. The van der Waals surface area contributed by atoms with E-state index >= 15 is 0 Å². The van der Waals surface area contributed by atoms with Crippen molar-refractivity contribution in [3.8, 4) is 0 Å². The third-order valence-corrected chi connectivity index (χ3v) is 6.65. The van der Waals surface area contributed by atoms with Crippen LogP contribution in [0.4, 0.5) is 0 Å². The Morgan fingerprint density at radius 3 is 2.15 bits per heavy atom. The zero-order valence-corrected chi connectivity index (χ0v) is 17.0. The number of hydrogen-bond acceptors (Lipinski definition) is 3. The van der Waals surface area contributed by atoms with Gasteiger partial charge in [0.15, 0.2) is 0 Å². The third-order valence-electron chi connectivity index (χ3n) is 4.58. The SMILES string of the molecule is CCN(CC)S(=O)(=O)c1ccc(CCC(=O)NC(C)c2ccccc2)cc1. The number of rotatable bonds is 9. The molecule has 146 valence electrons. The van der Waals surface area contributed by atoms with E-state index in [4.69, 9.17) is 0 Å². The minimum Gasteiger partial charge on any atom is -0.350 e. The monoisotopic (exact) mass is 388 g/mol. The lowest BCUT2D eigenvalue weighted by molar-refractivity contribution is -0.121. The molecule has 1 amide bonds. The summed E-state index contributed by atoms with van der Waals surface area (Å²) in [6.07, 6.45) is 0.929. The van der Waals surface area contributed by atoms with Gasteiger partial charge in [0.05, 0.1) is 10.9 Å². The zero-order valence-electron chi connectivity index (χ0n) is 16.2. The van der Waals surface area contributed by atoms with Crippen molar-refractivity contribution in [1.29, 1.82) is 0 Å². The summed E-state index contributed by atoms with van der Waals surface area (Å²) in [7, 11) is -3.44. The van der Waals surface area contributed by atoms with Gasteiger partial charge in [0, 0.05) is 19.5 Å². The standard InChI is InChI=1S/C21H28N2O3S/c1-4-23(5-2)27(25,26)20-14-11-18(12-15-20)13-16-21(24)22-17(3)19-9-7-6-8-10-19/h6-12,14-15,17H,4-5,13,16H2,1-3H3,(H,22,24). The van der Waals surface area contributed by atoms with Crippen LogP contribution in [0.5, 0.6) is 0 Å². The molecule has 2 aromatic carbocycles. The largest absolute Gasteiger partial charge is 0.350 e. The summed E-state index contributed by atoms with van der Waals surface area (Å²) in [5.74, 6) is -0.0220. The fraction of sp³-hybridized carbons (Fsp3) is 0.381. The summed E-state index contributed by atoms with van der Waals surface area (Å²) in [4.78, 5) is 12.5. The first-order valence-electron chi connectivity index (χ1n) is 9.31. The molecule has 0 aromatic heterocycles. The van der Waals surface area contributed by atoms with Gasteiger partial charge in [0.1, 0.15) is 0 Å². The Hall–Kier alpha value is -2.18. The summed E-state index contributed by atoms with van der Waals surface area (Å²) in [5, 5.41) is 2.99. The van der Waals surface area contributed by atoms with Crippen molar-refractivity contribution in [2.75, 3.05) is 13.1 Å². The Labute approximate surface area is 162 Å². The normalized spacial score (nSPS) is 12.7. The number of amides is 1. The van der Waals surface area contributed by atoms with Crippen LogP contribution >= 0.6 is 0 Å². The minimum atomic E-state index is -3.44. The number of hydrogen-bond donors (Lipinski definition) is 1. The van der Waals surface area contributed by atoms with Crippen LogP contribution in [0.15, 0.2) is 59.5 Å². The molecular weight excluding hydrogens is 360 g/mol. The van der Waals surface area contributed by atoms with E-state index in [0.29, 0.717) is 25.9 Å². The second-order valence-corrected chi connectivity index (χ2v) is 8.37. The first-order valence-corrected chi connectivity index (χ1v) is 10.8. The quantitative estimate of drug-likeness (QED) is 0.715. The van der Waals surface area contributed by atoms with Gasteiger partial charge in [0.25, 0.3) is 0 Å². The fourth-order valence-electron chi connectivity index (χ4n) is 2.94. The average Bonchev–Trinajstić information content (AvgIpc) is 2.68. The number of aryl methyl sites for hydroxylation is 1. The summed E-state index contributed by atoms with van der Waals surface area (Å²) in [6, 6.07) is 16.6. The summed E-state index contributed by atoms with van der Waals surface area (Å²) in [5.41, 5.74) is 2.01. The van der Waals surface area contributed by atoms with E-state index < -0.39 is 10.0 Å². The molecule has 0 aliphatic carbocycles. The van der Waals surface area contributed by atoms with Gasteiger partial charge in [-0.15, -0.1) is 0 Å². The third kappa shape index (κ3) is 5.65. The molecule has 1 N–H and O–H groups in total. The van der Waals surface area contributed by atoms with E-state index in [1.165, 1.54) is 4.31 Å². The molecule has 0 saturated heterocycles. The van der Waals surface area contributed by atoms with Crippen LogP contribution in [-0.4, -0.2) is 31.7 Å². The van der Waals surface area contributed by atoms with Gasteiger partial charge in [-0.25, -0.2) is 8.42 Å². The Bertz CT molecular complexity index is 829. The Balaban J connectivity index is 1.92. The van der Waals surface area contributed by atoms with E-state index in [9.17, 15) is 13.2 Å². The van der Waals surface area contributed by atoms with E-state index in [1.54, 1.807) is 24.3 Å². The number of carbonyl (C=O) groups is 1. The van der Waals surface area contributed by atoms with Gasteiger partial charge in [-0.1, -0.05) is 56.3 Å². The van der Waals surface area contributed by atoms with Crippen molar-refractivity contribution in [1.82, 2.24) is 9.62 Å². The molecule has 0 spiro atoms. The highest BCUT2D eigenvalue weighted by molar-refractivity contribution is 7.89. The van der Waals surface area contributed by atoms with Crippen LogP contribution in [0.1, 0.15) is 44.4 Å². The predicted octanol–water partition coefficient (Wildman–Crippen LogP) is 3.53. The van der Waals surface area contributed by atoms with Gasteiger partial charge < -0.3 is 5.32 Å². The molecule has 0 aliphatic heterocycles. The number of nitrogens with zero attached hydrogens (tertiary/aromatic N) is 1. The molecule has 0 saturated carbocycles. The second kappa shape index (κ2) is 9.67. The fourth-order valence-corrected chi connectivity index (χ4v) is 4.40. The van der Waals surface area contributed by atoms with Crippen molar-refractivity contribution in [2.24, 2.45) is 0 Å². The lowest BCUT2D eigenvalue weighted by atomic mass is 10.1. The molecule has 27 heavy (non-hydrogen) atoms. The maximum Gasteiger partial charge on any atom is 0.243 e. The zero-order chi connectivity index (χ0) is 19.9. The van der Waals surface area contributed by atoms with Crippen molar-refractivity contribution in [2.45, 2.75) is 44.6 Å². The molecule has 0 aliphatic rings. The molecule has 0 bridgehead atoms. The molecule has 1 atom stereocenters. The first kappa shape index (κ1) is 21.1. The number of sulfonamides is 1. The molecule has 5 nitrogen and oxygen atoms in total. The van der Waals surface area contributed by atoms with Gasteiger partial charge in [-0.2, -0.15) is 4.31 Å². The lowest BCUT2D eigenvalue weighted by Crippen LogP contribution is -2.30. The summed E-state index contributed by atoms with van der Waals surface area (Å²) >= 11 is 0. The predicted molar refractivity (Wildman–Crippen MR) is 108 cm³/mol. The number of benzene rings is 2. The molecular formula is C21H28N2O3S. The average molecular weight is 389 g/mol. The maximum atomic E-state index is 12.5. The Kier molecular flexibility index (Phi) is 7.56. The highest BCUT2D eigenvalue weighted by atomic mass is 32.2. The van der Waals surface area contributed by atoms with Crippen molar-refractivity contribution in [3.63, 3.8) is 0 Å². The van der Waals surface area contributed by atoms with Crippen molar-refractivity contribution >= 4 is 15.9 Å². The van der Waals surface area contributed by atoms with Crippen molar-refractivity contribution in [3.05, 3.63) is 65.7 Å². The van der Waals surface area contributed by atoms with E-state index in [2.05, 4.69) is 5.32 Å². The van der Waals surface area contributed by atoms with E-state index in [0.717, 1.165) is 11.1 Å². The minimum absolute atomic E-state index is 0.0220. The maximum absolute atomic E-state index is 12.5. The molecule has 0 heterocycles. The number of nitrogens with one attached hydrogen (secondary N) is 1. The highest BCUT2D eigenvalue weighted by Gasteiger charge is 2.21. The molecule has 0 fully saturated rings. The van der Waals surface area contributed by atoms with Gasteiger partial charge in [0.2, 0.25) is 15.9 Å². The second-order valence-electron chi connectivity index (χ2n) is 6.43. The van der Waals surface area contributed by atoms with Crippen molar-refractivity contribution < 1.29 is 13.2 Å². The van der Waals surface area contributed by atoms with Crippen LogP contribution in [0.25, 0.3) is 0 Å². The Morgan fingerprint density at radius 1 is 1.00 bits per heavy atom. The summed E-state index contributed by atoms with van der Waals surface area (Å²) in [6.45, 7) is 6.50. The van der Waals surface area contributed by atoms with Crippen LogP contribution in [0, 0.1) is 0 Å². The number of carbonyl (C=O) groups excluding carboxylic acids is 1. The molecule has 1 unspecified atom stereocenters. The van der Waals surface area contributed by atoms with E-state index in [1.807, 2.05) is 51.1 Å². The van der Waals surface area contributed by atoms with Crippen LogP contribution in [-0.2, 0) is 21.2 Å². The van der Waals surface area contributed by atoms with Crippen LogP contribution < -0.4 is 5.32 Å². The van der Waals surface area contributed by atoms with Gasteiger partial charge in [-0.05, 0) is 36.6 Å². The van der Waals surface area contributed by atoms with E-state index in [-0.39, 0.29) is 16.8 Å². The molecule has 2 rings (SSSR count). The summed E-state index contributed by atoms with van der Waals surface area (Å²) < 4.78 is 26.4. The lowest BCUT2D eigenvalue weighted by Gasteiger charge is -2.18. The van der Waals surface area contributed by atoms with Gasteiger partial charge in [-0.3, -0.25) is 4.79 Å². The van der Waals surface area contributed by atoms with Crippen LogP contribution in [0.2, 0.25) is 0 Å². The molecule has 2 aromatic rings. The Morgan fingerprint density at radius 2 is 1.59 bits per heavy atom.